The van der Waals surface area contributed by atoms with Crippen molar-refractivity contribution >= 4 is 39.5 Å². The second-order valence-corrected chi connectivity index (χ2v) is 7.24. The van der Waals surface area contributed by atoms with E-state index in [0.29, 0.717) is 0 Å². The molecule has 1 aliphatic carbocycles. The number of nitro benzene ring substituents is 1. The van der Waals surface area contributed by atoms with Crippen LogP contribution in [0.4, 0.5) is 5.69 Å². The predicted octanol–water partition coefficient (Wildman–Crippen LogP) is 2.90. The Hall–Kier alpha value is -2.49. The Morgan fingerprint density at radius 2 is 1.83 bits per heavy atom. The lowest BCUT2D eigenvalue weighted by Crippen LogP contribution is -2.59. The summed E-state index contributed by atoms with van der Waals surface area (Å²) in [6.45, 7) is 1.58. The number of esters is 2. The van der Waals surface area contributed by atoms with Crippen LogP contribution in [0.25, 0.3) is 0 Å². The zero-order chi connectivity index (χ0) is 21.4. The highest BCUT2D eigenvalue weighted by Crippen LogP contribution is 2.24. The maximum Gasteiger partial charge on any atom is 0.361 e. The fraction of sp³-hybridized carbons (Fsp3) is 0.526. The van der Waals surface area contributed by atoms with E-state index in [1.807, 2.05) is 0 Å². The van der Waals surface area contributed by atoms with Crippen LogP contribution in [0.1, 0.15) is 49.4 Å². The monoisotopic (exact) mass is 470 g/mol. The molecule has 2 rings (SSSR count). The van der Waals surface area contributed by atoms with Gasteiger partial charge in [-0.15, -0.1) is 0 Å². The number of halogens is 1. The van der Waals surface area contributed by atoms with E-state index in [-0.39, 0.29) is 29.2 Å². The minimum Gasteiger partial charge on any atom is -0.463 e. The van der Waals surface area contributed by atoms with E-state index >= 15 is 0 Å². The summed E-state index contributed by atoms with van der Waals surface area (Å²) in [5.74, 6) is -2.71. The second-order valence-electron chi connectivity index (χ2n) is 6.68. The summed E-state index contributed by atoms with van der Waals surface area (Å²) in [7, 11) is 0. The maximum absolute atomic E-state index is 13.0. The van der Waals surface area contributed by atoms with E-state index < -0.39 is 28.4 Å². The summed E-state index contributed by atoms with van der Waals surface area (Å²) in [6.07, 6.45) is 4.58. The largest absolute Gasteiger partial charge is 0.463 e. The molecule has 9 nitrogen and oxygen atoms in total. The third-order valence-corrected chi connectivity index (χ3v) is 5.47. The second kappa shape index (κ2) is 10.3. The van der Waals surface area contributed by atoms with Crippen molar-refractivity contribution in [1.29, 1.82) is 0 Å². The van der Waals surface area contributed by atoms with Gasteiger partial charge in [0, 0.05) is 18.2 Å². The highest BCUT2D eigenvalue weighted by molar-refractivity contribution is 9.09. The average molecular weight is 471 g/mol. The summed E-state index contributed by atoms with van der Waals surface area (Å²) in [4.78, 5) is 48.4. The summed E-state index contributed by atoms with van der Waals surface area (Å²) >= 11 is 3.11. The van der Waals surface area contributed by atoms with Gasteiger partial charge in [0.05, 0.1) is 22.4 Å². The first-order valence-corrected chi connectivity index (χ1v) is 10.5. The van der Waals surface area contributed by atoms with Gasteiger partial charge in [-0.3, -0.25) is 14.9 Å². The van der Waals surface area contributed by atoms with Gasteiger partial charge in [0.25, 0.3) is 17.2 Å². The zero-order valence-corrected chi connectivity index (χ0v) is 17.6. The molecule has 0 radical (unpaired) electrons. The first-order valence-electron chi connectivity index (χ1n) is 9.36. The normalized spacial score (nSPS) is 16.3. The molecule has 158 valence electrons. The highest BCUT2D eigenvalue weighted by Gasteiger charge is 2.51. The number of nitrogens with one attached hydrogen (secondary N) is 1. The molecule has 0 spiro atoms. The van der Waals surface area contributed by atoms with Crippen LogP contribution >= 0.6 is 15.9 Å². The van der Waals surface area contributed by atoms with E-state index in [4.69, 9.17) is 9.47 Å². The zero-order valence-electron chi connectivity index (χ0n) is 16.0. The van der Waals surface area contributed by atoms with Gasteiger partial charge in [0.15, 0.2) is 0 Å². The number of non-ortho nitro benzene ring substituents is 1. The molecular weight excluding hydrogens is 448 g/mol. The van der Waals surface area contributed by atoms with E-state index in [1.54, 1.807) is 6.92 Å². The van der Waals surface area contributed by atoms with Crippen LogP contribution in [0.5, 0.6) is 0 Å². The Morgan fingerprint density at radius 3 is 2.34 bits per heavy atom. The molecule has 10 heteroatoms. The van der Waals surface area contributed by atoms with Gasteiger partial charge in [-0.2, -0.15) is 0 Å². The molecule has 1 N–H and O–H groups in total. The molecule has 0 aliphatic heterocycles. The number of hydrogen-bond donors (Lipinski definition) is 1. The number of nitro groups is 1. The maximum atomic E-state index is 13.0. The van der Waals surface area contributed by atoms with Crippen molar-refractivity contribution in [3.63, 3.8) is 0 Å². The van der Waals surface area contributed by atoms with Crippen LogP contribution in [-0.4, -0.2) is 46.3 Å². The number of benzene rings is 1. The van der Waals surface area contributed by atoms with Crippen LogP contribution in [-0.2, 0) is 19.1 Å². The SMILES string of the molecule is CCOC(=O)C(CBr)(OC(=O)c1ccc([N+](=O)[O-])cc1)C(=O)NC1CCCCC1. The molecule has 1 fully saturated rings. The van der Waals surface area contributed by atoms with Crippen LogP contribution in [0.2, 0.25) is 0 Å². The van der Waals surface area contributed by atoms with Crippen LogP contribution < -0.4 is 5.32 Å². The first kappa shape index (κ1) is 22.8. The van der Waals surface area contributed by atoms with Gasteiger partial charge in [0.1, 0.15) is 0 Å². The molecule has 1 unspecified atom stereocenters. The first-order chi connectivity index (χ1) is 13.8. The van der Waals surface area contributed by atoms with Crippen molar-refractivity contribution in [2.75, 3.05) is 11.9 Å². The molecule has 0 heterocycles. The summed E-state index contributed by atoms with van der Waals surface area (Å²) in [5, 5.41) is 13.3. The molecule has 1 aromatic carbocycles. The van der Waals surface area contributed by atoms with Crippen molar-refractivity contribution in [1.82, 2.24) is 5.32 Å². The molecule has 1 saturated carbocycles. The number of hydrogen-bond acceptors (Lipinski definition) is 7. The third kappa shape index (κ3) is 5.53. The number of carbonyl (C=O) groups excluding carboxylic acids is 3. The molecular formula is C19H23BrN2O7. The van der Waals surface area contributed by atoms with Crippen molar-refractivity contribution in [2.24, 2.45) is 0 Å². The third-order valence-electron chi connectivity index (χ3n) is 4.68. The van der Waals surface area contributed by atoms with Gasteiger partial charge in [-0.1, -0.05) is 35.2 Å². The van der Waals surface area contributed by atoms with Crippen LogP contribution in [0, 0.1) is 10.1 Å². The Kier molecular flexibility index (Phi) is 8.12. The number of amides is 1. The van der Waals surface area contributed by atoms with Gasteiger partial charge < -0.3 is 14.8 Å². The quantitative estimate of drug-likeness (QED) is 0.203. The number of rotatable bonds is 8. The topological polar surface area (TPSA) is 125 Å². The molecule has 1 atom stereocenters. The lowest BCUT2D eigenvalue weighted by molar-refractivity contribution is -0.384. The minimum atomic E-state index is -2.20. The molecule has 0 saturated heterocycles. The smallest absolute Gasteiger partial charge is 0.361 e. The van der Waals surface area contributed by atoms with E-state index in [2.05, 4.69) is 21.2 Å². The van der Waals surface area contributed by atoms with Crippen LogP contribution in [0.3, 0.4) is 0 Å². The van der Waals surface area contributed by atoms with E-state index in [1.165, 1.54) is 12.1 Å². The average Bonchev–Trinajstić information content (AvgIpc) is 2.72. The lowest BCUT2D eigenvalue weighted by Gasteiger charge is -2.31. The number of carbonyl (C=O) groups is 3. The molecule has 1 aromatic rings. The predicted molar refractivity (Wildman–Crippen MR) is 107 cm³/mol. The highest BCUT2D eigenvalue weighted by atomic mass is 79.9. The summed E-state index contributed by atoms with van der Waals surface area (Å²) in [6, 6.07) is 4.56. The Labute approximate surface area is 176 Å². The van der Waals surface area contributed by atoms with Gasteiger partial charge in [-0.05, 0) is 31.9 Å². The van der Waals surface area contributed by atoms with E-state index in [0.717, 1.165) is 44.2 Å². The van der Waals surface area contributed by atoms with Crippen LogP contribution in [0.15, 0.2) is 24.3 Å². The van der Waals surface area contributed by atoms with Crippen molar-refractivity contribution in [3.8, 4) is 0 Å². The van der Waals surface area contributed by atoms with Crippen molar-refractivity contribution in [2.45, 2.75) is 50.7 Å². The number of ether oxygens (including phenoxy) is 2. The summed E-state index contributed by atoms with van der Waals surface area (Å²) in [5.41, 5.74) is -2.43. The lowest BCUT2D eigenvalue weighted by atomic mass is 9.94. The van der Waals surface area contributed by atoms with Gasteiger partial charge in [-0.25, -0.2) is 9.59 Å². The molecule has 29 heavy (non-hydrogen) atoms. The minimum absolute atomic E-state index is 0.000621. The molecule has 1 aliphatic rings. The summed E-state index contributed by atoms with van der Waals surface area (Å²) < 4.78 is 10.3. The fourth-order valence-electron chi connectivity index (χ4n) is 3.06. The van der Waals surface area contributed by atoms with E-state index in [9.17, 15) is 24.5 Å². The van der Waals surface area contributed by atoms with Crippen molar-refractivity contribution < 1.29 is 28.8 Å². The number of alkyl halides is 1. The number of nitrogens with zero attached hydrogens (tertiary/aromatic N) is 1. The molecule has 0 bridgehead atoms. The standard InChI is InChI=1S/C19H23BrN2O7/c1-2-28-18(25)19(12-20,17(24)21-14-6-4-3-5-7-14)29-16(23)13-8-10-15(11-9-13)22(26)27/h8-11,14H,2-7,12H2,1H3,(H,21,24). The van der Waals surface area contributed by atoms with Crippen molar-refractivity contribution in [3.05, 3.63) is 39.9 Å². The van der Waals surface area contributed by atoms with Gasteiger partial charge in [0.2, 0.25) is 0 Å². The molecule has 0 aromatic heterocycles. The van der Waals surface area contributed by atoms with Gasteiger partial charge >= 0.3 is 11.9 Å². The molecule has 1 amide bonds. The fourth-order valence-corrected chi connectivity index (χ4v) is 3.65. The Balaban J connectivity index is 2.25. The Bertz CT molecular complexity index is 762. The Morgan fingerprint density at radius 1 is 1.21 bits per heavy atom.